The topological polar surface area (TPSA) is 78.3 Å². The fraction of sp³-hybridized carbons (Fsp3) is 0.438. The van der Waals surface area contributed by atoms with Gasteiger partial charge in [-0.2, -0.15) is 0 Å². The van der Waals surface area contributed by atoms with E-state index in [1.54, 1.807) is 6.07 Å². The van der Waals surface area contributed by atoms with Crippen LogP contribution in [0.3, 0.4) is 0 Å². The third-order valence-electron chi connectivity index (χ3n) is 3.99. The number of nitrogens with zero attached hydrogens (tertiary/aromatic N) is 3. The second kappa shape index (κ2) is 6.82. The molecular formula is C16H19FN4O2S. The molecule has 2 aromatic heterocycles. The molecule has 1 aliphatic rings. The highest BCUT2D eigenvalue weighted by Crippen LogP contribution is 2.25. The summed E-state index contributed by atoms with van der Waals surface area (Å²) < 4.78 is 12.9. The van der Waals surface area contributed by atoms with E-state index in [0.717, 1.165) is 16.9 Å². The quantitative estimate of drug-likeness (QED) is 0.849. The number of carbonyl (C=O) groups excluding carboxylic acids is 1. The third kappa shape index (κ3) is 4.07. The number of hydrogen-bond acceptors (Lipinski definition) is 6. The van der Waals surface area contributed by atoms with Crippen molar-refractivity contribution in [3.63, 3.8) is 0 Å². The Morgan fingerprint density at radius 2 is 2.38 bits per heavy atom. The molecule has 2 N–H and O–H groups in total. The molecule has 3 heterocycles. The molecule has 128 valence electrons. The summed E-state index contributed by atoms with van der Waals surface area (Å²) in [5.41, 5.74) is -0.269. The van der Waals surface area contributed by atoms with Crippen LogP contribution in [0.25, 0.3) is 0 Å². The Hall–Kier alpha value is -2.06. The number of hydrogen-bond donors (Lipinski definition) is 2. The molecule has 2 aromatic rings. The molecular weight excluding hydrogens is 331 g/mol. The summed E-state index contributed by atoms with van der Waals surface area (Å²) in [6.07, 6.45) is 1.89. The second-order valence-electron chi connectivity index (χ2n) is 6.04. The summed E-state index contributed by atoms with van der Waals surface area (Å²) in [6, 6.07) is 2.93. The summed E-state index contributed by atoms with van der Waals surface area (Å²) in [4.78, 5) is 22.1. The van der Waals surface area contributed by atoms with Crippen molar-refractivity contribution in [2.45, 2.75) is 25.4 Å². The van der Waals surface area contributed by atoms with Gasteiger partial charge in [0, 0.05) is 25.0 Å². The molecule has 1 fully saturated rings. The third-order valence-corrected chi connectivity index (χ3v) is 4.81. The number of β-amino-alcohol motifs (C(OH)–C–C–N with tert-alkyl or cyclic N) is 1. The molecule has 8 heteroatoms. The molecule has 0 aliphatic carbocycles. The van der Waals surface area contributed by atoms with E-state index in [-0.39, 0.29) is 18.9 Å². The SMILES string of the molecule is Cc1nc(CC(=O)NC[C@@]2(O)CCN(c3ccc(F)cn3)C2)cs1. The Morgan fingerprint density at radius 3 is 3.04 bits per heavy atom. The zero-order valence-corrected chi connectivity index (χ0v) is 14.1. The van der Waals surface area contributed by atoms with Gasteiger partial charge in [0.15, 0.2) is 0 Å². The first-order valence-corrected chi connectivity index (χ1v) is 8.58. The van der Waals surface area contributed by atoms with Gasteiger partial charge in [-0.25, -0.2) is 14.4 Å². The van der Waals surface area contributed by atoms with Crippen molar-refractivity contribution in [3.8, 4) is 0 Å². The highest BCUT2D eigenvalue weighted by atomic mass is 32.1. The largest absolute Gasteiger partial charge is 0.386 e. The molecule has 0 aromatic carbocycles. The van der Waals surface area contributed by atoms with Crippen LogP contribution < -0.4 is 10.2 Å². The number of halogens is 1. The smallest absolute Gasteiger partial charge is 0.226 e. The zero-order chi connectivity index (χ0) is 17.2. The number of carbonyl (C=O) groups is 1. The van der Waals surface area contributed by atoms with E-state index >= 15 is 0 Å². The van der Waals surface area contributed by atoms with Crippen LogP contribution in [0, 0.1) is 12.7 Å². The van der Waals surface area contributed by atoms with Crippen molar-refractivity contribution >= 4 is 23.1 Å². The average molecular weight is 350 g/mol. The van der Waals surface area contributed by atoms with E-state index in [9.17, 15) is 14.3 Å². The van der Waals surface area contributed by atoms with Crippen molar-refractivity contribution in [1.29, 1.82) is 0 Å². The van der Waals surface area contributed by atoms with Gasteiger partial charge < -0.3 is 15.3 Å². The minimum Gasteiger partial charge on any atom is -0.386 e. The van der Waals surface area contributed by atoms with Gasteiger partial charge in [-0.3, -0.25) is 4.79 Å². The van der Waals surface area contributed by atoms with Crippen LogP contribution in [0.2, 0.25) is 0 Å². The van der Waals surface area contributed by atoms with E-state index in [0.29, 0.717) is 25.3 Å². The number of pyridine rings is 1. The summed E-state index contributed by atoms with van der Waals surface area (Å²) in [7, 11) is 0. The van der Waals surface area contributed by atoms with Crippen molar-refractivity contribution in [3.05, 3.63) is 40.2 Å². The molecule has 1 atom stereocenters. The summed E-state index contributed by atoms with van der Waals surface area (Å²) in [5, 5.41) is 16.2. The zero-order valence-electron chi connectivity index (χ0n) is 13.3. The molecule has 24 heavy (non-hydrogen) atoms. The van der Waals surface area contributed by atoms with Gasteiger partial charge in [0.25, 0.3) is 0 Å². The highest BCUT2D eigenvalue weighted by Gasteiger charge is 2.36. The van der Waals surface area contributed by atoms with E-state index in [4.69, 9.17) is 0 Å². The fourth-order valence-electron chi connectivity index (χ4n) is 2.73. The normalized spacial score (nSPS) is 20.4. The molecule has 3 rings (SSSR count). The van der Waals surface area contributed by atoms with Crippen molar-refractivity contribution in [2.24, 2.45) is 0 Å². The number of aromatic nitrogens is 2. The van der Waals surface area contributed by atoms with E-state index in [1.807, 2.05) is 17.2 Å². The van der Waals surface area contributed by atoms with Crippen LogP contribution in [-0.4, -0.2) is 46.2 Å². The first kappa shape index (κ1) is 16.8. The fourth-order valence-corrected chi connectivity index (χ4v) is 3.34. The maximum absolute atomic E-state index is 12.9. The van der Waals surface area contributed by atoms with Gasteiger partial charge in [-0.15, -0.1) is 11.3 Å². The Bertz CT molecular complexity index is 721. The Balaban J connectivity index is 1.51. The second-order valence-corrected chi connectivity index (χ2v) is 7.10. The minimum atomic E-state index is -1.01. The van der Waals surface area contributed by atoms with Crippen molar-refractivity contribution in [1.82, 2.24) is 15.3 Å². The highest BCUT2D eigenvalue weighted by molar-refractivity contribution is 7.09. The number of amides is 1. The van der Waals surface area contributed by atoms with Crippen molar-refractivity contribution < 1.29 is 14.3 Å². The lowest BCUT2D eigenvalue weighted by molar-refractivity contribution is -0.121. The predicted molar refractivity (Wildman–Crippen MR) is 89.5 cm³/mol. The van der Waals surface area contributed by atoms with Crippen LogP contribution in [0.5, 0.6) is 0 Å². The minimum absolute atomic E-state index is 0.160. The standard InChI is InChI=1S/C16H19FN4O2S/c1-11-20-13(8-24-11)6-15(22)19-9-16(23)4-5-21(10-16)14-3-2-12(17)7-18-14/h2-3,7-8,23H,4-6,9-10H2,1H3,(H,19,22)/t16-/m0/s1. The molecule has 1 saturated heterocycles. The Labute approximate surface area is 143 Å². The number of thiazole rings is 1. The molecule has 0 spiro atoms. The lowest BCUT2D eigenvalue weighted by Gasteiger charge is -2.24. The number of nitrogens with one attached hydrogen (secondary N) is 1. The van der Waals surface area contributed by atoms with Crippen molar-refractivity contribution in [2.75, 3.05) is 24.5 Å². The molecule has 1 aliphatic heterocycles. The van der Waals surface area contributed by atoms with E-state index in [1.165, 1.54) is 17.4 Å². The van der Waals surface area contributed by atoms with Crippen LogP contribution in [-0.2, 0) is 11.2 Å². The van der Waals surface area contributed by atoms with Gasteiger partial charge in [0.1, 0.15) is 17.2 Å². The maximum atomic E-state index is 12.9. The van der Waals surface area contributed by atoms with Gasteiger partial charge in [-0.05, 0) is 25.5 Å². The number of anilines is 1. The lowest BCUT2D eigenvalue weighted by Crippen LogP contribution is -2.45. The van der Waals surface area contributed by atoms with E-state index in [2.05, 4.69) is 15.3 Å². The average Bonchev–Trinajstić information content (AvgIpc) is 3.13. The molecule has 0 saturated carbocycles. The maximum Gasteiger partial charge on any atom is 0.226 e. The predicted octanol–water partition coefficient (Wildman–Crippen LogP) is 1.29. The molecule has 0 radical (unpaired) electrons. The van der Waals surface area contributed by atoms with Gasteiger partial charge in [-0.1, -0.05) is 0 Å². The molecule has 1 amide bonds. The Kier molecular flexibility index (Phi) is 4.77. The monoisotopic (exact) mass is 350 g/mol. The lowest BCUT2D eigenvalue weighted by atomic mass is 10.0. The molecule has 0 bridgehead atoms. The number of aryl methyl sites for hydroxylation is 1. The van der Waals surface area contributed by atoms with Gasteiger partial charge >= 0.3 is 0 Å². The first-order valence-electron chi connectivity index (χ1n) is 7.70. The van der Waals surface area contributed by atoms with Crippen LogP contribution >= 0.6 is 11.3 Å². The van der Waals surface area contributed by atoms with Gasteiger partial charge in [0.05, 0.1) is 23.3 Å². The number of aliphatic hydroxyl groups is 1. The van der Waals surface area contributed by atoms with E-state index < -0.39 is 11.4 Å². The van der Waals surface area contributed by atoms with Crippen LogP contribution in [0.1, 0.15) is 17.1 Å². The van der Waals surface area contributed by atoms with Gasteiger partial charge in [0.2, 0.25) is 5.91 Å². The summed E-state index contributed by atoms with van der Waals surface area (Å²) in [5.74, 6) is 0.0708. The van der Waals surface area contributed by atoms with Crippen LogP contribution in [0.4, 0.5) is 10.2 Å². The molecule has 0 unspecified atom stereocenters. The number of rotatable bonds is 5. The Morgan fingerprint density at radius 1 is 1.54 bits per heavy atom. The van der Waals surface area contributed by atoms with Crippen LogP contribution in [0.15, 0.2) is 23.7 Å². The first-order chi connectivity index (χ1) is 11.4. The summed E-state index contributed by atoms with van der Waals surface area (Å²) in [6.45, 7) is 3.02. The molecule has 6 nitrogen and oxygen atoms in total. The summed E-state index contributed by atoms with van der Waals surface area (Å²) >= 11 is 1.51.